The van der Waals surface area contributed by atoms with Crippen LogP contribution in [-0.4, -0.2) is 19.1 Å². The van der Waals surface area contributed by atoms with Crippen LogP contribution in [0.3, 0.4) is 0 Å². The zero-order chi connectivity index (χ0) is 39.1. The number of rotatable bonds is 4. The van der Waals surface area contributed by atoms with Crippen molar-refractivity contribution in [1.82, 2.24) is 19.1 Å². The maximum atomic E-state index is 5.81. The predicted molar refractivity (Wildman–Crippen MR) is 256 cm³/mol. The number of aromatic nitrogens is 4. The lowest BCUT2D eigenvalue weighted by Gasteiger charge is -2.13. The molecule has 0 radical (unpaired) electrons. The Morgan fingerprint density at radius 3 is 1.78 bits per heavy atom. The Kier molecular flexibility index (Phi) is 6.56. The molecule has 0 atom stereocenters. The summed E-state index contributed by atoms with van der Waals surface area (Å²) in [6, 6.07) is 66.1. The summed E-state index contributed by atoms with van der Waals surface area (Å²) < 4.78 is 8.62. The third-order valence-electron chi connectivity index (χ3n) is 12.5. The molecular formula is C54H30N4S2. The van der Waals surface area contributed by atoms with Gasteiger partial charge in [-0.05, 0) is 70.4 Å². The van der Waals surface area contributed by atoms with Gasteiger partial charge < -0.3 is 4.57 Å². The molecule has 60 heavy (non-hydrogen) atoms. The monoisotopic (exact) mass is 798 g/mol. The van der Waals surface area contributed by atoms with Crippen LogP contribution >= 0.6 is 22.7 Å². The molecule has 0 bridgehead atoms. The molecular weight excluding hydrogens is 769 g/mol. The normalized spacial score (nSPS) is 12.3. The van der Waals surface area contributed by atoms with Gasteiger partial charge in [0.05, 0.1) is 27.8 Å². The van der Waals surface area contributed by atoms with Gasteiger partial charge in [0.25, 0.3) is 0 Å². The van der Waals surface area contributed by atoms with Crippen LogP contribution in [0.1, 0.15) is 0 Å². The first-order valence-corrected chi connectivity index (χ1v) is 21.9. The average Bonchev–Trinajstić information content (AvgIpc) is 4.06. The van der Waals surface area contributed by atoms with Crippen LogP contribution in [-0.2, 0) is 0 Å². The third kappa shape index (κ3) is 4.38. The van der Waals surface area contributed by atoms with Gasteiger partial charge in [0, 0.05) is 68.4 Å². The van der Waals surface area contributed by atoms with Gasteiger partial charge in [-0.1, -0.05) is 133 Å². The van der Waals surface area contributed by atoms with Crippen molar-refractivity contribution < 1.29 is 0 Å². The summed E-state index contributed by atoms with van der Waals surface area (Å²) in [5.41, 5.74) is 10.1. The summed E-state index contributed by atoms with van der Waals surface area (Å²) in [6.07, 6.45) is 0. The highest BCUT2D eigenvalue weighted by Crippen LogP contribution is 2.51. The molecule has 0 unspecified atom stereocenters. The summed E-state index contributed by atoms with van der Waals surface area (Å²) in [7, 11) is 0. The van der Waals surface area contributed by atoms with Crippen molar-refractivity contribution in [2.75, 3.05) is 0 Å². The topological polar surface area (TPSA) is 35.6 Å². The minimum absolute atomic E-state index is 0.680. The lowest BCUT2D eigenvalue weighted by Crippen LogP contribution is -2.03. The standard InChI is InChI=1S/C54H30N4S2/c1-3-14-31(15-4-1)32-16-13-17-35(28-32)50-49-39-22-9-12-25-43(39)60-53(49)56-54(55-50)58-51-45-33(26-27-34-30-44-48(52(58)46(34)45)38-21-8-11-24-42(38)59-44)29-41-47(51)37-20-7-10-23-40(37)57(41)36-18-5-2-6-19-36/h1-30H. The van der Waals surface area contributed by atoms with Crippen LogP contribution in [0, 0.1) is 0 Å². The Labute approximate surface area is 350 Å². The molecule has 14 aromatic rings. The molecule has 0 N–H and O–H groups in total. The van der Waals surface area contributed by atoms with E-state index < -0.39 is 0 Å². The van der Waals surface area contributed by atoms with Crippen molar-refractivity contribution in [2.45, 2.75) is 0 Å². The van der Waals surface area contributed by atoms with E-state index in [9.17, 15) is 0 Å². The summed E-state index contributed by atoms with van der Waals surface area (Å²) in [6.45, 7) is 0. The molecule has 14 rings (SSSR count). The van der Waals surface area contributed by atoms with Crippen molar-refractivity contribution in [3.8, 4) is 34.0 Å². The predicted octanol–water partition coefficient (Wildman–Crippen LogP) is 15.3. The van der Waals surface area contributed by atoms with Gasteiger partial charge in [0.15, 0.2) is 0 Å². The van der Waals surface area contributed by atoms with Gasteiger partial charge in [0.1, 0.15) is 4.83 Å². The Morgan fingerprint density at radius 1 is 0.367 bits per heavy atom. The fraction of sp³-hybridized carbons (Fsp3) is 0. The molecule has 0 saturated heterocycles. The van der Waals surface area contributed by atoms with E-state index >= 15 is 0 Å². The van der Waals surface area contributed by atoms with E-state index in [1.807, 2.05) is 11.3 Å². The first-order chi connectivity index (χ1) is 29.8. The van der Waals surface area contributed by atoms with E-state index in [1.54, 1.807) is 11.3 Å². The second-order valence-corrected chi connectivity index (χ2v) is 17.8. The maximum Gasteiger partial charge on any atom is 0.236 e. The van der Waals surface area contributed by atoms with Crippen molar-refractivity contribution in [1.29, 1.82) is 0 Å². The Bertz CT molecular complexity index is 4060. The zero-order valence-corrected chi connectivity index (χ0v) is 33.6. The minimum atomic E-state index is 0.680. The quantitative estimate of drug-likeness (QED) is 0.166. The number of benzene rings is 9. The molecule has 0 saturated carbocycles. The van der Waals surface area contributed by atoms with E-state index in [1.165, 1.54) is 73.7 Å². The van der Waals surface area contributed by atoms with Crippen molar-refractivity contribution in [2.24, 2.45) is 0 Å². The fourth-order valence-corrected chi connectivity index (χ4v) is 12.2. The molecule has 0 aliphatic heterocycles. The maximum absolute atomic E-state index is 5.81. The summed E-state index contributed by atoms with van der Waals surface area (Å²) in [4.78, 5) is 12.5. The largest absolute Gasteiger partial charge is 0.309 e. The second kappa shape index (κ2) is 12.1. The molecule has 6 heteroatoms. The van der Waals surface area contributed by atoms with Crippen molar-refractivity contribution >= 4 is 118 Å². The smallest absolute Gasteiger partial charge is 0.236 e. The Morgan fingerprint density at radius 2 is 0.983 bits per heavy atom. The third-order valence-corrected chi connectivity index (χ3v) is 14.6. The molecule has 4 nitrogen and oxygen atoms in total. The molecule has 278 valence electrons. The molecule has 0 fully saturated rings. The van der Waals surface area contributed by atoms with Gasteiger partial charge in [0.2, 0.25) is 5.95 Å². The summed E-state index contributed by atoms with van der Waals surface area (Å²) in [5.74, 6) is 0.680. The number of hydrogen-bond acceptors (Lipinski definition) is 4. The molecule has 0 spiro atoms. The van der Waals surface area contributed by atoms with E-state index in [4.69, 9.17) is 9.97 Å². The van der Waals surface area contributed by atoms with Crippen LogP contribution < -0.4 is 0 Å². The fourth-order valence-electron chi connectivity index (χ4n) is 9.99. The average molecular weight is 799 g/mol. The van der Waals surface area contributed by atoms with Gasteiger partial charge in [-0.25, -0.2) is 9.97 Å². The number of para-hydroxylation sites is 2. The molecule has 0 amide bonds. The van der Waals surface area contributed by atoms with Gasteiger partial charge in [-0.2, -0.15) is 0 Å². The second-order valence-electron chi connectivity index (χ2n) is 15.7. The first-order valence-electron chi connectivity index (χ1n) is 20.2. The van der Waals surface area contributed by atoms with Crippen LogP contribution in [0.15, 0.2) is 182 Å². The number of hydrogen-bond donors (Lipinski definition) is 0. The lowest BCUT2D eigenvalue weighted by atomic mass is 9.98. The van der Waals surface area contributed by atoms with Gasteiger partial charge in [-0.3, -0.25) is 4.57 Å². The molecule has 5 aromatic heterocycles. The Balaban J connectivity index is 1.22. The number of nitrogens with zero attached hydrogens (tertiary/aromatic N) is 4. The Hall–Kier alpha value is -7.38. The SMILES string of the molecule is c1ccc(-c2cccc(-c3nc(-n4c5c6c(cc7ccc8cc9c(c%10ccccc%10n9-c9ccccc9)c4c8c75)sc4ccccc46)nc4sc5ccccc5c34)c2)cc1. The highest BCUT2D eigenvalue weighted by atomic mass is 32.1. The molecule has 9 aromatic carbocycles. The van der Waals surface area contributed by atoms with Crippen LogP contribution in [0.25, 0.3) is 129 Å². The zero-order valence-electron chi connectivity index (χ0n) is 31.9. The van der Waals surface area contributed by atoms with E-state index in [0.29, 0.717) is 5.95 Å². The van der Waals surface area contributed by atoms with Crippen LogP contribution in [0.4, 0.5) is 0 Å². The minimum Gasteiger partial charge on any atom is -0.309 e. The first kappa shape index (κ1) is 32.6. The lowest BCUT2D eigenvalue weighted by molar-refractivity contribution is 1.02. The number of thiophene rings is 2. The van der Waals surface area contributed by atoms with E-state index in [2.05, 4.69) is 191 Å². The number of fused-ring (bicyclic) bond motifs is 11. The van der Waals surface area contributed by atoms with Crippen LogP contribution in [0.5, 0.6) is 0 Å². The summed E-state index contributed by atoms with van der Waals surface area (Å²) >= 11 is 3.61. The highest BCUT2D eigenvalue weighted by molar-refractivity contribution is 7.26. The molecule has 0 aliphatic carbocycles. The van der Waals surface area contributed by atoms with Gasteiger partial charge in [-0.15, -0.1) is 22.7 Å². The van der Waals surface area contributed by atoms with Crippen molar-refractivity contribution in [3.05, 3.63) is 182 Å². The highest BCUT2D eigenvalue weighted by Gasteiger charge is 2.28. The molecule has 5 heterocycles. The molecule has 0 aliphatic rings. The van der Waals surface area contributed by atoms with Crippen molar-refractivity contribution in [3.63, 3.8) is 0 Å². The van der Waals surface area contributed by atoms with E-state index in [0.717, 1.165) is 49.3 Å². The van der Waals surface area contributed by atoms with E-state index in [-0.39, 0.29) is 0 Å². The van der Waals surface area contributed by atoms with Gasteiger partial charge >= 0.3 is 0 Å². The summed E-state index contributed by atoms with van der Waals surface area (Å²) in [5, 5.41) is 12.1. The van der Waals surface area contributed by atoms with Crippen LogP contribution in [0.2, 0.25) is 0 Å².